The molecule has 7 nitrogen and oxygen atoms in total. The van der Waals surface area contributed by atoms with E-state index in [0.29, 0.717) is 12.6 Å². The number of aromatic carboxylic acids is 1. The van der Waals surface area contributed by atoms with Crippen molar-refractivity contribution in [3.05, 3.63) is 11.9 Å². The van der Waals surface area contributed by atoms with Gasteiger partial charge < -0.3 is 15.3 Å². The van der Waals surface area contributed by atoms with E-state index in [1.807, 2.05) is 0 Å². The maximum atomic E-state index is 10.6. The standard InChI is InChI=1S/C10H17N5O2/c1-14-4-2-8(6-14)11-3-5-15-7-9(10(16)17)12-13-15/h7-8,11H,2-6H2,1H3,(H,16,17). The van der Waals surface area contributed by atoms with Crippen molar-refractivity contribution in [2.24, 2.45) is 0 Å². The second-order valence-electron chi connectivity index (χ2n) is 4.37. The van der Waals surface area contributed by atoms with Gasteiger partial charge in [-0.15, -0.1) is 5.10 Å². The van der Waals surface area contributed by atoms with Gasteiger partial charge in [-0.3, -0.25) is 4.68 Å². The lowest BCUT2D eigenvalue weighted by Crippen LogP contribution is -2.33. The van der Waals surface area contributed by atoms with Gasteiger partial charge in [-0.25, -0.2) is 4.79 Å². The summed E-state index contributed by atoms with van der Waals surface area (Å²) in [6.45, 7) is 3.61. The van der Waals surface area contributed by atoms with E-state index in [1.165, 1.54) is 6.20 Å². The van der Waals surface area contributed by atoms with E-state index in [9.17, 15) is 4.79 Å². The van der Waals surface area contributed by atoms with Crippen LogP contribution in [-0.4, -0.2) is 63.7 Å². The summed E-state index contributed by atoms with van der Waals surface area (Å²) < 4.78 is 1.55. The highest BCUT2D eigenvalue weighted by Crippen LogP contribution is 2.05. The summed E-state index contributed by atoms with van der Waals surface area (Å²) in [6.07, 6.45) is 2.61. The maximum absolute atomic E-state index is 10.6. The van der Waals surface area contributed by atoms with Gasteiger partial charge in [-0.05, 0) is 20.0 Å². The Bertz CT molecular complexity index is 392. The minimum atomic E-state index is -1.04. The van der Waals surface area contributed by atoms with Gasteiger partial charge in [0.25, 0.3) is 0 Å². The van der Waals surface area contributed by atoms with E-state index in [0.717, 1.165) is 26.1 Å². The number of nitrogens with zero attached hydrogens (tertiary/aromatic N) is 4. The zero-order valence-electron chi connectivity index (χ0n) is 9.83. The fourth-order valence-corrected chi connectivity index (χ4v) is 1.99. The third-order valence-corrected chi connectivity index (χ3v) is 2.92. The van der Waals surface area contributed by atoms with Gasteiger partial charge in [-0.2, -0.15) is 0 Å². The predicted molar refractivity (Wildman–Crippen MR) is 60.9 cm³/mol. The molecule has 0 radical (unpaired) electrons. The molecular weight excluding hydrogens is 222 g/mol. The molecule has 1 fully saturated rings. The molecule has 1 saturated heterocycles. The summed E-state index contributed by atoms with van der Waals surface area (Å²) in [5.74, 6) is -1.04. The SMILES string of the molecule is CN1CCC(NCCn2cc(C(=O)O)nn2)C1. The molecule has 1 atom stereocenters. The number of likely N-dealkylation sites (tertiary alicyclic amines) is 1. The smallest absolute Gasteiger partial charge is 0.358 e. The first-order valence-electron chi connectivity index (χ1n) is 5.70. The van der Waals surface area contributed by atoms with Crippen LogP contribution in [0.15, 0.2) is 6.20 Å². The molecule has 0 aromatic carbocycles. The fourth-order valence-electron chi connectivity index (χ4n) is 1.99. The van der Waals surface area contributed by atoms with Crippen molar-refractivity contribution in [1.82, 2.24) is 25.2 Å². The molecule has 2 heterocycles. The Labute approximate surface area is 99.4 Å². The van der Waals surface area contributed by atoms with Gasteiger partial charge in [0, 0.05) is 19.1 Å². The first kappa shape index (κ1) is 12.0. The molecule has 1 aromatic heterocycles. The van der Waals surface area contributed by atoms with Gasteiger partial charge in [0.2, 0.25) is 0 Å². The first-order chi connectivity index (χ1) is 8.15. The van der Waals surface area contributed by atoms with Gasteiger partial charge >= 0.3 is 5.97 Å². The van der Waals surface area contributed by atoms with E-state index < -0.39 is 5.97 Å². The number of nitrogens with one attached hydrogen (secondary N) is 1. The van der Waals surface area contributed by atoms with Crippen molar-refractivity contribution in [3.63, 3.8) is 0 Å². The molecule has 0 amide bonds. The number of carboxylic acids is 1. The predicted octanol–water partition coefficient (Wildman–Crippen LogP) is -0.730. The normalized spacial score (nSPS) is 20.9. The lowest BCUT2D eigenvalue weighted by atomic mass is 10.2. The van der Waals surface area contributed by atoms with E-state index in [2.05, 4.69) is 27.6 Å². The van der Waals surface area contributed by atoms with Crippen molar-refractivity contribution in [3.8, 4) is 0 Å². The average Bonchev–Trinajstić information content (AvgIpc) is 2.88. The quantitative estimate of drug-likeness (QED) is 0.705. The van der Waals surface area contributed by atoms with Crippen LogP contribution >= 0.6 is 0 Å². The van der Waals surface area contributed by atoms with Crippen LogP contribution in [0.1, 0.15) is 16.9 Å². The molecule has 0 spiro atoms. The van der Waals surface area contributed by atoms with Crippen molar-refractivity contribution < 1.29 is 9.90 Å². The van der Waals surface area contributed by atoms with E-state index in [1.54, 1.807) is 4.68 Å². The fraction of sp³-hybridized carbons (Fsp3) is 0.700. The summed E-state index contributed by atoms with van der Waals surface area (Å²) in [5, 5.41) is 19.4. The number of aromatic nitrogens is 3. The number of carbonyl (C=O) groups is 1. The number of carboxylic acid groups (broad SMARTS) is 1. The minimum Gasteiger partial charge on any atom is -0.476 e. The topological polar surface area (TPSA) is 83.3 Å². The molecule has 7 heteroatoms. The lowest BCUT2D eigenvalue weighted by Gasteiger charge is -2.12. The summed E-state index contributed by atoms with van der Waals surface area (Å²) in [6, 6.07) is 0.530. The van der Waals surface area contributed by atoms with Crippen LogP contribution in [0.25, 0.3) is 0 Å². The van der Waals surface area contributed by atoms with Gasteiger partial charge in [-0.1, -0.05) is 5.21 Å². The zero-order chi connectivity index (χ0) is 12.3. The summed E-state index contributed by atoms with van der Waals surface area (Å²) in [5.41, 5.74) is -0.00870. The summed E-state index contributed by atoms with van der Waals surface area (Å²) >= 11 is 0. The van der Waals surface area contributed by atoms with Crippen molar-refractivity contribution in [1.29, 1.82) is 0 Å². The molecule has 1 aliphatic rings. The summed E-state index contributed by atoms with van der Waals surface area (Å²) in [4.78, 5) is 12.9. The van der Waals surface area contributed by atoms with Gasteiger partial charge in [0.15, 0.2) is 5.69 Å². The Hall–Kier alpha value is -1.47. The van der Waals surface area contributed by atoms with E-state index >= 15 is 0 Å². The number of hydrogen-bond acceptors (Lipinski definition) is 5. The second kappa shape index (κ2) is 5.24. The molecule has 0 aliphatic carbocycles. The van der Waals surface area contributed by atoms with Crippen LogP contribution in [0, 0.1) is 0 Å². The highest BCUT2D eigenvalue weighted by molar-refractivity contribution is 5.84. The minimum absolute atomic E-state index is 0.00870. The molecule has 2 rings (SSSR count). The Balaban J connectivity index is 1.72. The molecule has 0 saturated carbocycles. The third kappa shape index (κ3) is 3.24. The van der Waals surface area contributed by atoms with Crippen molar-refractivity contribution in [2.75, 3.05) is 26.7 Å². The molecule has 1 aromatic rings. The molecule has 1 aliphatic heterocycles. The largest absolute Gasteiger partial charge is 0.476 e. The van der Waals surface area contributed by atoms with Crippen LogP contribution in [0.5, 0.6) is 0 Å². The maximum Gasteiger partial charge on any atom is 0.358 e. The highest BCUT2D eigenvalue weighted by Gasteiger charge is 2.18. The Morgan fingerprint density at radius 2 is 2.53 bits per heavy atom. The van der Waals surface area contributed by atoms with Crippen LogP contribution in [0.3, 0.4) is 0 Å². The Morgan fingerprint density at radius 1 is 1.71 bits per heavy atom. The molecule has 1 unspecified atom stereocenters. The molecule has 0 bridgehead atoms. The van der Waals surface area contributed by atoms with Crippen LogP contribution in [-0.2, 0) is 6.54 Å². The van der Waals surface area contributed by atoms with E-state index in [4.69, 9.17) is 5.11 Å². The molecular formula is C10H17N5O2. The van der Waals surface area contributed by atoms with E-state index in [-0.39, 0.29) is 5.69 Å². The Morgan fingerprint density at radius 3 is 3.12 bits per heavy atom. The molecule has 2 N–H and O–H groups in total. The van der Waals surface area contributed by atoms with Crippen LogP contribution in [0.4, 0.5) is 0 Å². The summed E-state index contributed by atoms with van der Waals surface area (Å²) in [7, 11) is 2.11. The van der Waals surface area contributed by atoms with Gasteiger partial charge in [0.05, 0.1) is 12.7 Å². The molecule has 17 heavy (non-hydrogen) atoms. The average molecular weight is 239 g/mol. The first-order valence-corrected chi connectivity index (χ1v) is 5.70. The lowest BCUT2D eigenvalue weighted by molar-refractivity contribution is 0.0690. The van der Waals surface area contributed by atoms with Crippen LogP contribution < -0.4 is 5.32 Å². The third-order valence-electron chi connectivity index (χ3n) is 2.92. The van der Waals surface area contributed by atoms with Crippen LogP contribution in [0.2, 0.25) is 0 Å². The van der Waals surface area contributed by atoms with Crippen molar-refractivity contribution in [2.45, 2.75) is 19.0 Å². The number of hydrogen-bond donors (Lipinski definition) is 2. The second-order valence-corrected chi connectivity index (χ2v) is 4.37. The van der Waals surface area contributed by atoms with Gasteiger partial charge in [0.1, 0.15) is 0 Å². The molecule has 94 valence electrons. The monoisotopic (exact) mass is 239 g/mol. The van der Waals surface area contributed by atoms with Crippen molar-refractivity contribution >= 4 is 5.97 Å². The highest BCUT2D eigenvalue weighted by atomic mass is 16.4. The number of rotatable bonds is 5. The Kier molecular flexibility index (Phi) is 3.70. The number of likely N-dealkylation sites (N-methyl/N-ethyl adjacent to an activating group) is 1. The zero-order valence-corrected chi connectivity index (χ0v) is 9.83.